The number of unbranched alkanes of at least 4 members (excludes halogenated alkanes) is 5. The maximum atomic E-state index is 11.8. The number of ether oxygens (including phenoxy) is 1. The molecule has 4 heteroatoms. The molecule has 1 aromatic rings. The van der Waals surface area contributed by atoms with Crippen molar-refractivity contribution in [3.8, 4) is 0 Å². The predicted molar refractivity (Wildman–Crippen MR) is 92.3 cm³/mol. The minimum absolute atomic E-state index is 0.106. The van der Waals surface area contributed by atoms with Gasteiger partial charge in [0.25, 0.3) is 5.91 Å². The molecule has 0 aliphatic heterocycles. The van der Waals surface area contributed by atoms with Gasteiger partial charge in [-0.15, -0.1) is 0 Å². The van der Waals surface area contributed by atoms with E-state index in [9.17, 15) is 9.59 Å². The number of hydrogen-bond acceptors (Lipinski definition) is 3. The van der Waals surface area contributed by atoms with E-state index in [0.29, 0.717) is 31.6 Å². The molecule has 0 fully saturated rings. The van der Waals surface area contributed by atoms with Gasteiger partial charge in [-0.2, -0.15) is 0 Å². The fraction of sp³-hybridized carbons (Fsp3) is 0.579. The quantitative estimate of drug-likeness (QED) is 0.466. The van der Waals surface area contributed by atoms with Crippen LogP contribution in [0, 0.1) is 0 Å². The summed E-state index contributed by atoms with van der Waals surface area (Å²) in [7, 11) is 0. The molecule has 0 spiro atoms. The van der Waals surface area contributed by atoms with Crippen LogP contribution in [0.4, 0.5) is 0 Å². The summed E-state index contributed by atoms with van der Waals surface area (Å²) in [6, 6.07) is 9.06. The highest BCUT2D eigenvalue weighted by Gasteiger charge is 2.05. The van der Waals surface area contributed by atoms with E-state index >= 15 is 0 Å². The lowest BCUT2D eigenvalue weighted by Gasteiger charge is -2.06. The van der Waals surface area contributed by atoms with Crippen molar-refractivity contribution in [2.75, 3.05) is 13.2 Å². The number of esters is 1. The van der Waals surface area contributed by atoms with Gasteiger partial charge in [0.2, 0.25) is 0 Å². The van der Waals surface area contributed by atoms with E-state index in [1.54, 1.807) is 12.1 Å². The zero-order valence-electron chi connectivity index (χ0n) is 14.2. The number of hydrogen-bond donors (Lipinski definition) is 1. The summed E-state index contributed by atoms with van der Waals surface area (Å²) >= 11 is 0. The van der Waals surface area contributed by atoms with Crippen LogP contribution < -0.4 is 5.32 Å². The van der Waals surface area contributed by atoms with Gasteiger partial charge >= 0.3 is 5.97 Å². The van der Waals surface area contributed by atoms with Gasteiger partial charge in [-0.05, 0) is 25.0 Å². The molecule has 0 bridgehead atoms. The summed E-state index contributed by atoms with van der Waals surface area (Å²) in [5.41, 5.74) is 0.637. The Kier molecular flexibility index (Phi) is 10.6. The Balaban J connectivity index is 1.97. The molecule has 4 nitrogen and oxygen atoms in total. The summed E-state index contributed by atoms with van der Waals surface area (Å²) in [6.07, 6.45) is 8.05. The largest absolute Gasteiger partial charge is 0.466 e. The Bertz CT molecular complexity index is 445. The van der Waals surface area contributed by atoms with E-state index in [2.05, 4.69) is 12.2 Å². The van der Waals surface area contributed by atoms with Crippen molar-refractivity contribution < 1.29 is 14.3 Å². The average molecular weight is 319 g/mol. The van der Waals surface area contributed by atoms with E-state index in [1.165, 1.54) is 25.7 Å². The van der Waals surface area contributed by atoms with Gasteiger partial charge in [-0.25, -0.2) is 0 Å². The SMILES string of the molecule is CCCCCCCCOC(=O)CCCNC(=O)c1ccccc1. The monoisotopic (exact) mass is 319 g/mol. The van der Waals surface area contributed by atoms with Crippen molar-refractivity contribution in [2.24, 2.45) is 0 Å². The van der Waals surface area contributed by atoms with Crippen LogP contribution in [0.15, 0.2) is 30.3 Å². The van der Waals surface area contributed by atoms with Gasteiger partial charge in [0, 0.05) is 18.5 Å². The van der Waals surface area contributed by atoms with Crippen LogP contribution in [0.3, 0.4) is 0 Å². The van der Waals surface area contributed by atoms with Crippen LogP contribution in [0.2, 0.25) is 0 Å². The van der Waals surface area contributed by atoms with E-state index in [4.69, 9.17) is 4.74 Å². The maximum absolute atomic E-state index is 11.8. The summed E-state index contributed by atoms with van der Waals surface area (Å²) in [5, 5.41) is 2.80. The first-order valence-corrected chi connectivity index (χ1v) is 8.73. The molecular formula is C19H29NO3. The summed E-state index contributed by atoms with van der Waals surface area (Å²) in [5.74, 6) is -0.279. The molecule has 0 saturated heterocycles. The molecule has 1 N–H and O–H groups in total. The zero-order chi connectivity index (χ0) is 16.8. The van der Waals surface area contributed by atoms with E-state index in [0.717, 1.165) is 12.8 Å². The molecule has 0 atom stereocenters. The third-order valence-electron chi connectivity index (χ3n) is 3.64. The van der Waals surface area contributed by atoms with Crippen LogP contribution in [0.25, 0.3) is 0 Å². The van der Waals surface area contributed by atoms with E-state index in [1.807, 2.05) is 18.2 Å². The second-order valence-corrected chi connectivity index (χ2v) is 5.71. The summed E-state index contributed by atoms with van der Waals surface area (Å²) < 4.78 is 5.19. The van der Waals surface area contributed by atoms with Crippen LogP contribution in [-0.4, -0.2) is 25.0 Å². The zero-order valence-corrected chi connectivity index (χ0v) is 14.2. The lowest BCUT2D eigenvalue weighted by Crippen LogP contribution is -2.25. The molecule has 0 aromatic heterocycles. The molecular weight excluding hydrogens is 290 g/mol. The van der Waals surface area contributed by atoms with Gasteiger partial charge < -0.3 is 10.1 Å². The highest BCUT2D eigenvalue weighted by Crippen LogP contribution is 2.05. The van der Waals surface area contributed by atoms with Crippen molar-refractivity contribution in [1.82, 2.24) is 5.32 Å². The predicted octanol–water partition coefficient (Wildman–Crippen LogP) is 4.10. The topological polar surface area (TPSA) is 55.4 Å². The number of carbonyl (C=O) groups excluding carboxylic acids is 2. The van der Waals surface area contributed by atoms with Crippen molar-refractivity contribution in [3.63, 3.8) is 0 Å². The van der Waals surface area contributed by atoms with Gasteiger partial charge in [0.1, 0.15) is 0 Å². The first kappa shape index (κ1) is 19.2. The number of nitrogens with one attached hydrogen (secondary N) is 1. The van der Waals surface area contributed by atoms with Gasteiger partial charge in [0.15, 0.2) is 0 Å². The summed E-state index contributed by atoms with van der Waals surface area (Å²) in [4.78, 5) is 23.3. The van der Waals surface area contributed by atoms with Crippen molar-refractivity contribution in [2.45, 2.75) is 58.3 Å². The molecule has 0 heterocycles. The fourth-order valence-corrected chi connectivity index (χ4v) is 2.27. The number of benzene rings is 1. The first-order chi connectivity index (χ1) is 11.2. The minimum Gasteiger partial charge on any atom is -0.466 e. The Morgan fingerprint density at radius 3 is 2.39 bits per heavy atom. The van der Waals surface area contributed by atoms with Crippen LogP contribution in [-0.2, 0) is 9.53 Å². The molecule has 0 radical (unpaired) electrons. The molecule has 0 aliphatic rings. The molecule has 1 aromatic carbocycles. The smallest absolute Gasteiger partial charge is 0.305 e. The maximum Gasteiger partial charge on any atom is 0.305 e. The molecule has 0 unspecified atom stereocenters. The normalized spacial score (nSPS) is 10.3. The standard InChI is InChI=1S/C19H29NO3/c1-2-3-4-5-6-10-16-23-18(21)14-11-15-20-19(22)17-12-8-7-9-13-17/h7-9,12-13H,2-6,10-11,14-16H2,1H3,(H,20,22). The molecule has 1 amide bonds. The molecule has 0 saturated carbocycles. The third-order valence-corrected chi connectivity index (χ3v) is 3.64. The third kappa shape index (κ3) is 9.72. The number of amides is 1. The fourth-order valence-electron chi connectivity index (χ4n) is 2.27. The van der Waals surface area contributed by atoms with Gasteiger partial charge in [0.05, 0.1) is 6.61 Å². The lowest BCUT2D eigenvalue weighted by atomic mass is 10.1. The highest BCUT2D eigenvalue weighted by atomic mass is 16.5. The van der Waals surface area contributed by atoms with E-state index < -0.39 is 0 Å². The van der Waals surface area contributed by atoms with Crippen molar-refractivity contribution in [1.29, 1.82) is 0 Å². The second kappa shape index (κ2) is 12.7. The molecule has 23 heavy (non-hydrogen) atoms. The van der Waals surface area contributed by atoms with Crippen molar-refractivity contribution >= 4 is 11.9 Å². The highest BCUT2D eigenvalue weighted by molar-refractivity contribution is 5.94. The van der Waals surface area contributed by atoms with Crippen LogP contribution in [0.1, 0.15) is 68.6 Å². The Hall–Kier alpha value is -1.84. The Morgan fingerprint density at radius 1 is 0.957 bits per heavy atom. The Morgan fingerprint density at radius 2 is 1.65 bits per heavy atom. The second-order valence-electron chi connectivity index (χ2n) is 5.71. The number of rotatable bonds is 12. The number of carbonyl (C=O) groups is 2. The van der Waals surface area contributed by atoms with Crippen LogP contribution in [0.5, 0.6) is 0 Å². The van der Waals surface area contributed by atoms with E-state index in [-0.39, 0.29) is 11.9 Å². The first-order valence-electron chi connectivity index (χ1n) is 8.73. The molecule has 0 aliphatic carbocycles. The summed E-state index contributed by atoms with van der Waals surface area (Å²) in [6.45, 7) is 3.20. The molecule has 128 valence electrons. The lowest BCUT2D eigenvalue weighted by molar-refractivity contribution is -0.143. The Labute approximate surface area is 139 Å². The van der Waals surface area contributed by atoms with Crippen molar-refractivity contribution in [3.05, 3.63) is 35.9 Å². The van der Waals surface area contributed by atoms with Gasteiger partial charge in [-0.3, -0.25) is 9.59 Å². The molecule has 1 rings (SSSR count). The average Bonchev–Trinajstić information content (AvgIpc) is 2.58. The van der Waals surface area contributed by atoms with Gasteiger partial charge in [-0.1, -0.05) is 57.2 Å². The minimum atomic E-state index is -0.174. The van der Waals surface area contributed by atoms with Crippen LogP contribution >= 0.6 is 0 Å².